The summed E-state index contributed by atoms with van der Waals surface area (Å²) in [5, 5.41) is 2.97. The van der Waals surface area contributed by atoms with Crippen molar-refractivity contribution in [2.24, 2.45) is 5.73 Å². The summed E-state index contributed by atoms with van der Waals surface area (Å²) in [7, 11) is 0. The van der Waals surface area contributed by atoms with Gasteiger partial charge >= 0.3 is 0 Å². The van der Waals surface area contributed by atoms with Gasteiger partial charge < -0.3 is 11.1 Å². The average molecular weight is 307 g/mol. The molecular weight excluding hydrogens is 282 g/mol. The Balaban J connectivity index is 2.48. The van der Waals surface area contributed by atoms with Gasteiger partial charge in [0.2, 0.25) is 0 Å². The quantitative estimate of drug-likeness (QED) is 0.789. The van der Waals surface area contributed by atoms with Crippen LogP contribution in [0.5, 0.6) is 0 Å². The van der Waals surface area contributed by atoms with Crippen LogP contribution in [-0.2, 0) is 0 Å². The number of thiophene rings is 1. The Morgan fingerprint density at radius 2 is 2.00 bits per heavy atom. The van der Waals surface area contributed by atoms with Gasteiger partial charge in [-0.25, -0.2) is 0 Å². The van der Waals surface area contributed by atoms with E-state index in [9.17, 15) is 4.79 Å². The zero-order chi connectivity index (χ0) is 15.8. The Bertz CT molecular complexity index is 503. The number of nitrogens with one attached hydrogen (secondary N) is 1. The van der Waals surface area contributed by atoms with Gasteiger partial charge in [0.15, 0.2) is 0 Å². The van der Waals surface area contributed by atoms with Crippen LogP contribution in [0.4, 0.5) is 0 Å². The van der Waals surface area contributed by atoms with E-state index >= 15 is 0 Å². The molecule has 1 aromatic rings. The number of nitrogens with two attached hydrogens (primary N) is 1. The van der Waals surface area contributed by atoms with E-state index in [-0.39, 0.29) is 5.91 Å². The molecule has 0 saturated carbocycles. The topological polar surface area (TPSA) is 58.4 Å². The molecule has 1 rings (SSSR count). The maximum absolute atomic E-state index is 12.1. The van der Waals surface area contributed by atoms with Crippen molar-refractivity contribution < 1.29 is 4.79 Å². The lowest BCUT2D eigenvalue weighted by atomic mass is 10.2. The Hall–Kier alpha value is -1.35. The highest BCUT2D eigenvalue weighted by Crippen LogP contribution is 2.15. The SMILES string of the molecule is CC(C)N(CCNC(=O)c1ccc(C#CCN)s1)C(C)C. The summed E-state index contributed by atoms with van der Waals surface area (Å²) in [6, 6.07) is 4.61. The second-order valence-electron chi connectivity index (χ2n) is 5.35. The van der Waals surface area contributed by atoms with Crippen LogP contribution in [0.25, 0.3) is 0 Å². The van der Waals surface area contributed by atoms with Crippen molar-refractivity contribution in [3.05, 3.63) is 21.9 Å². The molecule has 4 nitrogen and oxygen atoms in total. The summed E-state index contributed by atoms with van der Waals surface area (Å²) in [4.78, 5) is 16.0. The molecule has 0 radical (unpaired) electrons. The lowest BCUT2D eigenvalue weighted by molar-refractivity contribution is 0.0943. The minimum absolute atomic E-state index is 0.0340. The summed E-state index contributed by atoms with van der Waals surface area (Å²) in [6.45, 7) is 10.5. The third kappa shape index (κ3) is 5.88. The highest BCUT2D eigenvalue weighted by Gasteiger charge is 2.14. The second kappa shape index (κ2) is 8.83. The van der Waals surface area contributed by atoms with Crippen LogP contribution in [0, 0.1) is 11.8 Å². The summed E-state index contributed by atoms with van der Waals surface area (Å²) < 4.78 is 0. The van der Waals surface area contributed by atoms with E-state index in [1.165, 1.54) is 11.3 Å². The molecule has 0 atom stereocenters. The van der Waals surface area contributed by atoms with Crippen molar-refractivity contribution in [3.8, 4) is 11.8 Å². The third-order valence-corrected chi connectivity index (χ3v) is 4.13. The Labute approximate surface area is 131 Å². The minimum Gasteiger partial charge on any atom is -0.350 e. The number of hydrogen-bond donors (Lipinski definition) is 2. The van der Waals surface area contributed by atoms with Crippen LogP contribution >= 0.6 is 11.3 Å². The zero-order valence-corrected chi connectivity index (χ0v) is 14.1. The Morgan fingerprint density at radius 1 is 1.33 bits per heavy atom. The third-order valence-electron chi connectivity index (χ3n) is 3.13. The molecule has 0 unspecified atom stereocenters. The number of nitrogens with zero attached hydrogens (tertiary/aromatic N) is 1. The lowest BCUT2D eigenvalue weighted by Gasteiger charge is -2.30. The first-order valence-corrected chi connectivity index (χ1v) is 8.10. The minimum atomic E-state index is -0.0340. The van der Waals surface area contributed by atoms with Gasteiger partial charge in [0, 0.05) is 25.2 Å². The van der Waals surface area contributed by atoms with Gasteiger partial charge in [-0.3, -0.25) is 9.69 Å². The lowest BCUT2D eigenvalue weighted by Crippen LogP contribution is -2.42. The van der Waals surface area contributed by atoms with Crippen LogP contribution in [0.3, 0.4) is 0 Å². The fourth-order valence-corrected chi connectivity index (χ4v) is 2.96. The maximum Gasteiger partial charge on any atom is 0.261 e. The van der Waals surface area contributed by atoms with Gasteiger partial charge in [0.1, 0.15) is 0 Å². The number of rotatable bonds is 6. The Kier molecular flexibility index (Phi) is 7.44. The molecule has 116 valence electrons. The van der Waals surface area contributed by atoms with E-state index < -0.39 is 0 Å². The molecule has 0 spiro atoms. The van der Waals surface area contributed by atoms with Crippen LogP contribution < -0.4 is 11.1 Å². The largest absolute Gasteiger partial charge is 0.350 e. The van der Waals surface area contributed by atoms with Crippen molar-refractivity contribution in [2.75, 3.05) is 19.6 Å². The van der Waals surface area contributed by atoms with E-state index in [0.717, 1.165) is 11.4 Å². The molecule has 1 amide bonds. The fourth-order valence-electron chi connectivity index (χ4n) is 2.16. The summed E-state index contributed by atoms with van der Waals surface area (Å²) in [5.74, 6) is 5.69. The smallest absolute Gasteiger partial charge is 0.261 e. The van der Waals surface area contributed by atoms with E-state index in [1.54, 1.807) is 0 Å². The molecule has 0 aliphatic carbocycles. The summed E-state index contributed by atoms with van der Waals surface area (Å²) in [5.41, 5.74) is 5.33. The first-order valence-electron chi connectivity index (χ1n) is 7.28. The van der Waals surface area contributed by atoms with Gasteiger partial charge in [-0.2, -0.15) is 0 Å². The molecule has 1 aromatic heterocycles. The fraction of sp³-hybridized carbons (Fsp3) is 0.562. The van der Waals surface area contributed by atoms with Crippen LogP contribution in [-0.4, -0.2) is 42.5 Å². The molecule has 0 fully saturated rings. The first kappa shape index (κ1) is 17.7. The zero-order valence-electron chi connectivity index (χ0n) is 13.3. The highest BCUT2D eigenvalue weighted by atomic mass is 32.1. The van der Waals surface area contributed by atoms with E-state index in [0.29, 0.717) is 30.1 Å². The normalized spacial score (nSPS) is 10.9. The summed E-state index contributed by atoms with van der Waals surface area (Å²) in [6.07, 6.45) is 0. The first-order chi connectivity index (χ1) is 9.95. The number of carbonyl (C=O) groups is 1. The molecule has 0 aromatic carbocycles. The standard InChI is InChI=1S/C16H25N3OS/c1-12(2)19(13(3)4)11-10-18-16(20)15-8-7-14(21-15)6-5-9-17/h7-8,12-13H,9-11,17H2,1-4H3,(H,18,20). The van der Waals surface area contributed by atoms with Gasteiger partial charge in [-0.15, -0.1) is 11.3 Å². The highest BCUT2D eigenvalue weighted by molar-refractivity contribution is 7.14. The van der Waals surface area contributed by atoms with Crippen molar-refractivity contribution >= 4 is 17.2 Å². The molecule has 0 aliphatic heterocycles. The van der Waals surface area contributed by atoms with Crippen molar-refractivity contribution in [1.82, 2.24) is 10.2 Å². The van der Waals surface area contributed by atoms with Gasteiger partial charge in [0.25, 0.3) is 5.91 Å². The maximum atomic E-state index is 12.1. The molecule has 0 saturated heterocycles. The molecular formula is C16H25N3OS. The number of hydrogen-bond acceptors (Lipinski definition) is 4. The van der Waals surface area contributed by atoms with Crippen molar-refractivity contribution in [1.29, 1.82) is 0 Å². The monoisotopic (exact) mass is 307 g/mol. The number of carbonyl (C=O) groups excluding carboxylic acids is 1. The molecule has 0 bridgehead atoms. The Morgan fingerprint density at radius 3 is 2.57 bits per heavy atom. The van der Waals surface area contributed by atoms with E-state index in [4.69, 9.17) is 5.73 Å². The predicted molar refractivity (Wildman–Crippen MR) is 89.6 cm³/mol. The summed E-state index contributed by atoms with van der Waals surface area (Å²) >= 11 is 1.40. The molecule has 1 heterocycles. The molecule has 21 heavy (non-hydrogen) atoms. The van der Waals surface area contributed by atoms with E-state index in [2.05, 4.69) is 49.8 Å². The van der Waals surface area contributed by atoms with Gasteiger partial charge in [0.05, 0.1) is 16.3 Å². The van der Waals surface area contributed by atoms with Crippen molar-refractivity contribution in [3.63, 3.8) is 0 Å². The van der Waals surface area contributed by atoms with Gasteiger partial charge in [-0.05, 0) is 39.8 Å². The van der Waals surface area contributed by atoms with Gasteiger partial charge in [-0.1, -0.05) is 11.8 Å². The van der Waals surface area contributed by atoms with Crippen LogP contribution in [0.2, 0.25) is 0 Å². The van der Waals surface area contributed by atoms with E-state index in [1.807, 2.05) is 12.1 Å². The van der Waals surface area contributed by atoms with Crippen LogP contribution in [0.15, 0.2) is 12.1 Å². The predicted octanol–water partition coefficient (Wildman–Crippen LogP) is 1.91. The van der Waals surface area contributed by atoms with Crippen molar-refractivity contribution in [2.45, 2.75) is 39.8 Å². The molecule has 3 N–H and O–H groups in total. The second-order valence-corrected chi connectivity index (χ2v) is 6.43. The van der Waals surface area contributed by atoms with Crippen LogP contribution in [0.1, 0.15) is 42.2 Å². The number of amides is 1. The average Bonchev–Trinajstić information content (AvgIpc) is 2.89. The molecule has 0 aliphatic rings. The molecule has 5 heteroatoms.